The van der Waals surface area contributed by atoms with Crippen LogP contribution in [0, 0.1) is 22.8 Å². The molecule has 0 unspecified atom stereocenters. The quantitative estimate of drug-likeness (QED) is 0.276. The van der Waals surface area contributed by atoms with Gasteiger partial charge in [-0.25, -0.2) is 4.90 Å². The van der Waals surface area contributed by atoms with Crippen LogP contribution in [0.4, 0.5) is 0 Å². The molecule has 0 aromatic carbocycles. The van der Waals surface area contributed by atoms with Crippen molar-refractivity contribution >= 4 is 5.91 Å². The third-order valence-electron chi connectivity index (χ3n) is 0.730. The molecule has 0 heterocycles. The van der Waals surface area contributed by atoms with Crippen molar-refractivity contribution in [3.63, 3.8) is 0 Å². The van der Waals surface area contributed by atoms with Gasteiger partial charge in [0.2, 0.25) is 5.91 Å². The van der Waals surface area contributed by atoms with Crippen molar-refractivity contribution in [3.05, 3.63) is 0 Å². The SMILES string of the molecule is CC(=O)N(C#N)CC#N. The van der Waals surface area contributed by atoms with Crippen molar-refractivity contribution in [3.8, 4) is 12.3 Å². The molecule has 0 saturated carbocycles. The molecule has 46 valence electrons. The van der Waals surface area contributed by atoms with E-state index in [1.807, 2.05) is 0 Å². The van der Waals surface area contributed by atoms with Gasteiger partial charge in [-0.05, 0) is 0 Å². The van der Waals surface area contributed by atoms with Gasteiger partial charge in [-0.3, -0.25) is 4.79 Å². The van der Waals surface area contributed by atoms with Crippen LogP contribution in [0.15, 0.2) is 0 Å². The van der Waals surface area contributed by atoms with Crippen LogP contribution in [0.1, 0.15) is 6.92 Å². The van der Waals surface area contributed by atoms with Gasteiger partial charge >= 0.3 is 0 Å². The molecule has 0 aliphatic carbocycles. The average Bonchev–Trinajstić information content (AvgIpc) is 1.82. The zero-order valence-electron chi connectivity index (χ0n) is 4.96. The van der Waals surface area contributed by atoms with Crippen LogP contribution in [0.5, 0.6) is 0 Å². The van der Waals surface area contributed by atoms with E-state index in [1.54, 1.807) is 12.3 Å². The van der Waals surface area contributed by atoms with Crippen LogP contribution in [0.3, 0.4) is 0 Å². The molecule has 0 N–H and O–H groups in total. The number of hydrogen-bond acceptors (Lipinski definition) is 3. The summed E-state index contributed by atoms with van der Waals surface area (Å²) in [6.45, 7) is 1.08. The average molecular weight is 123 g/mol. The number of nitrogens with zero attached hydrogens (tertiary/aromatic N) is 3. The predicted octanol–water partition coefficient (Wildman–Crippen LogP) is -0.160. The van der Waals surface area contributed by atoms with E-state index < -0.39 is 5.91 Å². The maximum Gasteiger partial charge on any atom is 0.233 e. The minimum absolute atomic E-state index is 0.161. The van der Waals surface area contributed by atoms with Crippen molar-refractivity contribution in [2.45, 2.75) is 6.92 Å². The molecule has 0 fully saturated rings. The number of amides is 1. The third kappa shape index (κ3) is 2.30. The Bertz CT molecular complexity index is 185. The van der Waals surface area contributed by atoms with Crippen LogP contribution in [-0.4, -0.2) is 17.4 Å². The number of carbonyl (C=O) groups is 1. The zero-order valence-corrected chi connectivity index (χ0v) is 4.96. The summed E-state index contributed by atoms with van der Waals surface area (Å²) in [6, 6.07) is 1.68. The highest BCUT2D eigenvalue weighted by Crippen LogP contribution is 1.82. The first-order valence-electron chi connectivity index (χ1n) is 2.27. The maximum atomic E-state index is 10.3. The van der Waals surface area contributed by atoms with E-state index in [4.69, 9.17) is 10.5 Å². The number of nitriles is 2. The molecule has 1 amide bonds. The van der Waals surface area contributed by atoms with Crippen molar-refractivity contribution in [2.24, 2.45) is 0 Å². The molecule has 0 aromatic heterocycles. The fraction of sp³-hybridized carbons (Fsp3) is 0.400. The highest BCUT2D eigenvalue weighted by molar-refractivity contribution is 5.75. The molecule has 0 radical (unpaired) electrons. The molecule has 0 spiro atoms. The standard InChI is InChI=1S/C5H5N3O/c1-5(9)8(4-7)3-2-6/h3H2,1H3. The highest BCUT2D eigenvalue weighted by Gasteiger charge is 2.03. The summed E-state index contributed by atoms with van der Waals surface area (Å²) >= 11 is 0. The summed E-state index contributed by atoms with van der Waals surface area (Å²) < 4.78 is 0. The molecular formula is C5H5N3O. The van der Waals surface area contributed by atoms with Gasteiger partial charge in [0.05, 0.1) is 6.07 Å². The Labute approximate surface area is 52.9 Å². The van der Waals surface area contributed by atoms with E-state index in [2.05, 4.69) is 0 Å². The van der Waals surface area contributed by atoms with Gasteiger partial charge in [-0.1, -0.05) is 0 Å². The monoisotopic (exact) mass is 123 g/mol. The van der Waals surface area contributed by atoms with Gasteiger partial charge < -0.3 is 0 Å². The first-order valence-corrected chi connectivity index (χ1v) is 2.27. The van der Waals surface area contributed by atoms with Crippen LogP contribution < -0.4 is 0 Å². The van der Waals surface area contributed by atoms with Gasteiger partial charge in [0.1, 0.15) is 6.54 Å². The normalized spacial score (nSPS) is 7.00. The molecule has 0 saturated heterocycles. The van der Waals surface area contributed by atoms with Crippen LogP contribution >= 0.6 is 0 Å². The number of rotatable bonds is 1. The summed E-state index contributed by atoms with van der Waals surface area (Å²) in [5.41, 5.74) is 0. The van der Waals surface area contributed by atoms with Gasteiger partial charge in [-0.2, -0.15) is 10.5 Å². The van der Waals surface area contributed by atoms with Gasteiger partial charge in [0.25, 0.3) is 0 Å². The molecule has 4 nitrogen and oxygen atoms in total. The van der Waals surface area contributed by atoms with Gasteiger partial charge in [-0.15, -0.1) is 0 Å². The minimum atomic E-state index is -0.404. The molecule has 0 aliphatic rings. The highest BCUT2D eigenvalue weighted by atomic mass is 16.2. The Morgan fingerprint density at radius 2 is 2.22 bits per heavy atom. The van der Waals surface area contributed by atoms with Crippen LogP contribution in [0.2, 0.25) is 0 Å². The molecular weight excluding hydrogens is 118 g/mol. The molecule has 0 aromatic rings. The van der Waals surface area contributed by atoms with Gasteiger partial charge in [0.15, 0.2) is 6.19 Å². The van der Waals surface area contributed by atoms with E-state index >= 15 is 0 Å². The lowest BCUT2D eigenvalue weighted by Gasteiger charge is -2.02. The van der Waals surface area contributed by atoms with Gasteiger partial charge in [0, 0.05) is 6.92 Å². The van der Waals surface area contributed by atoms with Crippen LogP contribution in [-0.2, 0) is 4.79 Å². The first kappa shape index (κ1) is 7.45. The van der Waals surface area contributed by atoms with E-state index in [0.29, 0.717) is 0 Å². The molecule has 0 atom stereocenters. The van der Waals surface area contributed by atoms with Crippen molar-refractivity contribution < 1.29 is 4.79 Å². The Kier molecular flexibility index (Phi) is 2.86. The Morgan fingerprint density at radius 3 is 2.33 bits per heavy atom. The second kappa shape index (κ2) is 3.45. The number of hydrogen-bond donors (Lipinski definition) is 0. The second-order valence-electron chi connectivity index (χ2n) is 1.36. The topological polar surface area (TPSA) is 67.9 Å². The van der Waals surface area contributed by atoms with E-state index in [-0.39, 0.29) is 6.54 Å². The van der Waals surface area contributed by atoms with Crippen LogP contribution in [0.25, 0.3) is 0 Å². The summed E-state index contributed by atoms with van der Waals surface area (Å²) in [7, 11) is 0. The lowest BCUT2D eigenvalue weighted by Crippen LogP contribution is -2.23. The predicted molar refractivity (Wildman–Crippen MR) is 28.6 cm³/mol. The van der Waals surface area contributed by atoms with E-state index in [9.17, 15) is 4.79 Å². The van der Waals surface area contributed by atoms with Crippen molar-refractivity contribution in [1.82, 2.24) is 4.90 Å². The zero-order chi connectivity index (χ0) is 7.28. The lowest BCUT2D eigenvalue weighted by molar-refractivity contribution is -0.125. The Morgan fingerprint density at radius 1 is 1.67 bits per heavy atom. The number of carbonyl (C=O) groups excluding carboxylic acids is 1. The Balaban J connectivity index is 3.91. The van der Waals surface area contributed by atoms with Crippen molar-refractivity contribution in [1.29, 1.82) is 10.5 Å². The fourth-order valence-corrected chi connectivity index (χ4v) is 0.288. The summed E-state index contributed by atoms with van der Waals surface area (Å²) in [4.78, 5) is 11.1. The van der Waals surface area contributed by atoms with Crippen molar-refractivity contribution in [2.75, 3.05) is 6.54 Å². The molecule has 0 bridgehead atoms. The smallest absolute Gasteiger partial charge is 0.233 e. The molecule has 0 rings (SSSR count). The molecule has 0 aliphatic heterocycles. The lowest BCUT2D eigenvalue weighted by atomic mass is 10.5. The van der Waals surface area contributed by atoms with E-state index in [0.717, 1.165) is 4.90 Å². The fourth-order valence-electron chi connectivity index (χ4n) is 0.288. The summed E-state index contributed by atoms with van der Waals surface area (Å²) in [6.07, 6.45) is 1.56. The second-order valence-corrected chi connectivity index (χ2v) is 1.36. The molecule has 4 heteroatoms. The largest absolute Gasteiger partial charge is 0.274 e. The van der Waals surface area contributed by atoms with E-state index in [1.165, 1.54) is 6.92 Å². The summed E-state index contributed by atoms with van der Waals surface area (Å²) in [5, 5.41) is 16.2. The molecule has 9 heavy (non-hydrogen) atoms. The summed E-state index contributed by atoms with van der Waals surface area (Å²) in [5.74, 6) is -0.404. The maximum absolute atomic E-state index is 10.3. The minimum Gasteiger partial charge on any atom is -0.274 e. The third-order valence-corrected chi connectivity index (χ3v) is 0.730. The first-order chi connectivity index (χ1) is 4.22. The Hall–Kier alpha value is -1.55.